The van der Waals surface area contributed by atoms with Crippen LogP contribution in [0.1, 0.15) is 40.0 Å². The van der Waals surface area contributed by atoms with Gasteiger partial charge in [0.05, 0.1) is 6.54 Å². The van der Waals surface area contributed by atoms with Crippen molar-refractivity contribution in [1.29, 1.82) is 0 Å². The highest BCUT2D eigenvalue weighted by atomic mass is 32.2. The summed E-state index contributed by atoms with van der Waals surface area (Å²) in [5.74, 6) is 0.838. The Morgan fingerprint density at radius 3 is 2.71 bits per heavy atom. The van der Waals surface area contributed by atoms with Crippen LogP contribution in [-0.2, 0) is 0 Å². The Bertz CT molecular complexity index is 188. The molecule has 82 valence electrons. The molecule has 1 aliphatic heterocycles. The second-order valence-corrected chi connectivity index (χ2v) is 5.03. The van der Waals surface area contributed by atoms with E-state index in [4.69, 9.17) is 0 Å². The Morgan fingerprint density at radius 2 is 2.14 bits per heavy atom. The quantitative estimate of drug-likeness (QED) is 0.761. The van der Waals surface area contributed by atoms with Crippen LogP contribution in [-0.4, -0.2) is 23.5 Å². The fourth-order valence-corrected chi connectivity index (χ4v) is 3.13. The van der Waals surface area contributed by atoms with Gasteiger partial charge in [-0.05, 0) is 12.3 Å². The molecule has 0 spiro atoms. The second kappa shape index (κ2) is 6.33. The lowest BCUT2D eigenvalue weighted by atomic mass is 9.99. The number of nitrogens with zero attached hydrogens (tertiary/aromatic N) is 1. The smallest absolute Gasteiger partial charge is 0.156 e. The molecule has 1 rings (SSSR count). The second-order valence-electron chi connectivity index (χ2n) is 3.81. The SMILES string of the molecule is CCCNC1=NCC(C(CC)CC)S1. The summed E-state index contributed by atoms with van der Waals surface area (Å²) in [7, 11) is 0. The van der Waals surface area contributed by atoms with E-state index in [9.17, 15) is 0 Å². The molecule has 0 saturated heterocycles. The molecule has 14 heavy (non-hydrogen) atoms. The number of nitrogens with one attached hydrogen (secondary N) is 1. The molecule has 1 unspecified atom stereocenters. The van der Waals surface area contributed by atoms with E-state index < -0.39 is 0 Å². The normalized spacial score (nSPS) is 21.4. The predicted molar refractivity (Wildman–Crippen MR) is 66.0 cm³/mol. The maximum Gasteiger partial charge on any atom is 0.156 e. The molecule has 0 aromatic rings. The van der Waals surface area contributed by atoms with E-state index in [0.29, 0.717) is 0 Å². The van der Waals surface area contributed by atoms with Crippen molar-refractivity contribution < 1.29 is 0 Å². The summed E-state index contributed by atoms with van der Waals surface area (Å²) in [6, 6.07) is 0. The van der Waals surface area contributed by atoms with Crippen LogP contribution in [0.2, 0.25) is 0 Å². The number of amidine groups is 1. The van der Waals surface area contributed by atoms with Crippen molar-refractivity contribution in [1.82, 2.24) is 5.32 Å². The predicted octanol–water partition coefficient (Wildman–Crippen LogP) is 2.89. The molecule has 0 aliphatic carbocycles. The minimum Gasteiger partial charge on any atom is -0.365 e. The Kier molecular flexibility index (Phi) is 5.38. The van der Waals surface area contributed by atoms with Crippen molar-refractivity contribution in [2.24, 2.45) is 10.9 Å². The average molecular weight is 214 g/mol. The van der Waals surface area contributed by atoms with Gasteiger partial charge in [-0.15, -0.1) is 0 Å². The summed E-state index contributed by atoms with van der Waals surface area (Å²) in [5, 5.41) is 5.27. The molecule has 0 amide bonds. The summed E-state index contributed by atoms with van der Waals surface area (Å²) < 4.78 is 0. The fourth-order valence-electron chi connectivity index (χ4n) is 1.78. The molecule has 0 aromatic carbocycles. The number of rotatable bonds is 5. The topological polar surface area (TPSA) is 24.4 Å². The Morgan fingerprint density at radius 1 is 1.43 bits per heavy atom. The number of hydrogen-bond acceptors (Lipinski definition) is 3. The molecule has 0 radical (unpaired) electrons. The summed E-state index contributed by atoms with van der Waals surface area (Å²) in [4.78, 5) is 4.54. The van der Waals surface area contributed by atoms with Crippen LogP contribution in [0.3, 0.4) is 0 Å². The van der Waals surface area contributed by atoms with Gasteiger partial charge in [0.1, 0.15) is 0 Å². The van der Waals surface area contributed by atoms with Gasteiger partial charge >= 0.3 is 0 Å². The molecular formula is C11H22N2S. The lowest BCUT2D eigenvalue weighted by molar-refractivity contribution is 0.479. The molecule has 0 aromatic heterocycles. The van der Waals surface area contributed by atoms with Crippen LogP contribution >= 0.6 is 11.8 Å². The maximum atomic E-state index is 4.54. The first kappa shape index (κ1) is 11.9. The fraction of sp³-hybridized carbons (Fsp3) is 0.909. The van der Waals surface area contributed by atoms with Crippen molar-refractivity contribution in [3.63, 3.8) is 0 Å². The van der Waals surface area contributed by atoms with Crippen molar-refractivity contribution in [2.45, 2.75) is 45.3 Å². The average Bonchev–Trinajstić information content (AvgIpc) is 2.65. The summed E-state index contributed by atoms with van der Waals surface area (Å²) >= 11 is 1.95. The van der Waals surface area contributed by atoms with Crippen molar-refractivity contribution in [3.8, 4) is 0 Å². The minimum absolute atomic E-state index is 0.726. The lowest BCUT2D eigenvalue weighted by Gasteiger charge is -2.18. The van der Waals surface area contributed by atoms with Gasteiger partial charge in [-0.2, -0.15) is 0 Å². The van der Waals surface area contributed by atoms with Crippen LogP contribution in [0, 0.1) is 5.92 Å². The van der Waals surface area contributed by atoms with Gasteiger partial charge in [0.15, 0.2) is 5.17 Å². The van der Waals surface area contributed by atoms with E-state index in [-0.39, 0.29) is 0 Å². The van der Waals surface area contributed by atoms with Gasteiger partial charge in [-0.25, -0.2) is 0 Å². The third-order valence-corrected chi connectivity index (χ3v) is 4.11. The highest BCUT2D eigenvalue weighted by Gasteiger charge is 2.25. The van der Waals surface area contributed by atoms with E-state index in [1.165, 1.54) is 24.4 Å². The molecule has 1 aliphatic rings. The molecule has 1 heterocycles. The van der Waals surface area contributed by atoms with E-state index in [1.54, 1.807) is 0 Å². The number of hydrogen-bond donors (Lipinski definition) is 1. The summed E-state index contributed by atoms with van der Waals surface area (Å²) in [6.07, 6.45) is 3.74. The first-order chi connectivity index (χ1) is 6.81. The Balaban J connectivity index is 2.30. The first-order valence-electron chi connectivity index (χ1n) is 5.76. The van der Waals surface area contributed by atoms with Crippen LogP contribution < -0.4 is 5.32 Å². The van der Waals surface area contributed by atoms with Gasteiger partial charge in [0.25, 0.3) is 0 Å². The third kappa shape index (κ3) is 3.19. The van der Waals surface area contributed by atoms with Gasteiger partial charge < -0.3 is 5.32 Å². The molecule has 2 nitrogen and oxygen atoms in total. The molecule has 1 atom stereocenters. The molecule has 3 heteroatoms. The van der Waals surface area contributed by atoms with Crippen molar-refractivity contribution >= 4 is 16.9 Å². The van der Waals surface area contributed by atoms with E-state index >= 15 is 0 Å². The van der Waals surface area contributed by atoms with Gasteiger partial charge in [0, 0.05) is 11.8 Å². The standard InChI is InChI=1S/C11H22N2S/c1-4-7-12-11-13-8-10(14-11)9(5-2)6-3/h9-10H,4-8H2,1-3H3,(H,12,13). The van der Waals surface area contributed by atoms with Gasteiger partial charge in [0.2, 0.25) is 0 Å². The van der Waals surface area contributed by atoms with Crippen molar-refractivity contribution in [2.75, 3.05) is 13.1 Å². The zero-order valence-corrected chi connectivity index (χ0v) is 10.4. The highest BCUT2D eigenvalue weighted by molar-refractivity contribution is 8.14. The largest absolute Gasteiger partial charge is 0.365 e. The van der Waals surface area contributed by atoms with E-state index in [1.807, 2.05) is 11.8 Å². The maximum absolute atomic E-state index is 4.54. The van der Waals surface area contributed by atoms with Crippen LogP contribution in [0.4, 0.5) is 0 Å². The van der Waals surface area contributed by atoms with Crippen LogP contribution in [0.25, 0.3) is 0 Å². The molecule has 0 bridgehead atoms. The highest BCUT2D eigenvalue weighted by Crippen LogP contribution is 2.30. The molecule has 1 N–H and O–H groups in total. The monoisotopic (exact) mass is 214 g/mol. The molecule has 0 saturated carbocycles. The van der Waals surface area contributed by atoms with Gasteiger partial charge in [-0.3, -0.25) is 4.99 Å². The van der Waals surface area contributed by atoms with Crippen LogP contribution in [0.15, 0.2) is 4.99 Å². The Hall–Kier alpha value is -0.180. The summed E-state index contributed by atoms with van der Waals surface area (Å²) in [5.41, 5.74) is 0. The number of thioether (sulfide) groups is 1. The molecular weight excluding hydrogens is 192 g/mol. The van der Waals surface area contributed by atoms with Crippen molar-refractivity contribution in [3.05, 3.63) is 0 Å². The lowest BCUT2D eigenvalue weighted by Crippen LogP contribution is -2.22. The van der Waals surface area contributed by atoms with E-state index in [0.717, 1.165) is 24.3 Å². The van der Waals surface area contributed by atoms with Gasteiger partial charge in [-0.1, -0.05) is 45.4 Å². The third-order valence-electron chi connectivity index (χ3n) is 2.78. The Labute approximate surface area is 92.0 Å². The number of aliphatic imine (C=N–C) groups is 1. The zero-order chi connectivity index (χ0) is 10.4. The molecule has 0 fully saturated rings. The first-order valence-corrected chi connectivity index (χ1v) is 6.64. The zero-order valence-electron chi connectivity index (χ0n) is 9.55. The minimum atomic E-state index is 0.726. The summed E-state index contributed by atoms with van der Waals surface area (Å²) in [6.45, 7) is 8.83. The van der Waals surface area contributed by atoms with Crippen LogP contribution in [0.5, 0.6) is 0 Å². The van der Waals surface area contributed by atoms with E-state index in [2.05, 4.69) is 31.1 Å².